The van der Waals surface area contributed by atoms with Crippen LogP contribution in [0.4, 0.5) is 5.82 Å². The minimum absolute atomic E-state index is 0.0859. The Hall–Kier alpha value is -3.83. The maximum atomic E-state index is 13.2. The summed E-state index contributed by atoms with van der Waals surface area (Å²) in [6.45, 7) is 1.85. The van der Waals surface area contributed by atoms with Crippen LogP contribution in [-0.4, -0.2) is 73.4 Å². The molecule has 5 heterocycles. The van der Waals surface area contributed by atoms with Gasteiger partial charge in [0.15, 0.2) is 0 Å². The summed E-state index contributed by atoms with van der Waals surface area (Å²) in [6.07, 6.45) is 9.13. The molecule has 1 aliphatic heterocycles. The first-order chi connectivity index (χ1) is 18.1. The number of anilines is 1. The van der Waals surface area contributed by atoms with E-state index in [1.807, 2.05) is 16.3 Å². The molecule has 0 aromatic carbocycles. The third-order valence-corrected chi connectivity index (χ3v) is 7.20. The van der Waals surface area contributed by atoms with Crippen molar-refractivity contribution in [2.45, 2.75) is 18.9 Å². The summed E-state index contributed by atoms with van der Waals surface area (Å²) in [7, 11) is 0. The van der Waals surface area contributed by atoms with Crippen molar-refractivity contribution >= 4 is 40.6 Å². The average molecular weight is 537 g/mol. The summed E-state index contributed by atoms with van der Waals surface area (Å²) < 4.78 is 1.67. The maximum absolute atomic E-state index is 13.2. The predicted molar refractivity (Wildman–Crippen MR) is 141 cm³/mol. The molecular weight excluding hydrogens is 512 g/mol. The quantitative estimate of drug-likeness (QED) is 0.345. The molecule has 10 nitrogen and oxygen atoms in total. The first kappa shape index (κ1) is 24.8. The van der Waals surface area contributed by atoms with Gasteiger partial charge in [0.05, 0.1) is 11.6 Å². The summed E-state index contributed by atoms with van der Waals surface area (Å²) in [5.74, 6) is 0.773. The minimum Gasteiger partial charge on any atom is -0.356 e. The van der Waals surface area contributed by atoms with E-state index < -0.39 is 0 Å². The van der Waals surface area contributed by atoms with Crippen LogP contribution in [0, 0.1) is 0 Å². The van der Waals surface area contributed by atoms with Crippen LogP contribution in [-0.2, 0) is 11.2 Å². The molecule has 1 fully saturated rings. The first-order valence-electron chi connectivity index (χ1n) is 11.8. The number of nitrogens with zero attached hydrogens (tertiary/aromatic N) is 7. The Kier molecular flexibility index (Phi) is 7.71. The summed E-state index contributed by atoms with van der Waals surface area (Å²) in [5, 5.41) is 5.32. The second-order valence-electron chi connectivity index (χ2n) is 8.54. The highest BCUT2D eigenvalue weighted by Gasteiger charge is 2.33. The van der Waals surface area contributed by atoms with Gasteiger partial charge >= 0.3 is 0 Å². The third kappa shape index (κ3) is 6.12. The zero-order valence-electron chi connectivity index (χ0n) is 19.9. The summed E-state index contributed by atoms with van der Waals surface area (Å²) in [6, 6.07) is 8.91. The second-order valence-corrected chi connectivity index (χ2v) is 9.96. The molecule has 1 saturated heterocycles. The topological polar surface area (TPSA) is 109 Å². The van der Waals surface area contributed by atoms with Gasteiger partial charge in [-0.1, -0.05) is 17.7 Å². The number of thiophene rings is 1. The van der Waals surface area contributed by atoms with Gasteiger partial charge in [0.2, 0.25) is 11.9 Å². The van der Waals surface area contributed by atoms with Crippen LogP contribution in [0.15, 0.2) is 66.8 Å². The molecule has 1 aliphatic rings. The maximum Gasteiger partial charge on any atom is 0.255 e. The highest BCUT2D eigenvalue weighted by Crippen LogP contribution is 2.25. The van der Waals surface area contributed by atoms with Crippen molar-refractivity contribution in [3.8, 4) is 5.95 Å². The number of hydrogen-bond acceptors (Lipinski definition) is 8. The molecule has 1 unspecified atom stereocenters. The van der Waals surface area contributed by atoms with E-state index in [9.17, 15) is 9.59 Å². The molecule has 1 atom stereocenters. The van der Waals surface area contributed by atoms with Crippen LogP contribution in [0.25, 0.3) is 5.95 Å². The molecule has 37 heavy (non-hydrogen) atoms. The van der Waals surface area contributed by atoms with Gasteiger partial charge in [0, 0.05) is 68.3 Å². The van der Waals surface area contributed by atoms with Gasteiger partial charge in [-0.15, -0.1) is 11.3 Å². The van der Waals surface area contributed by atoms with Crippen molar-refractivity contribution in [2.75, 3.05) is 31.1 Å². The number of pyridine rings is 1. The van der Waals surface area contributed by atoms with E-state index in [-0.39, 0.29) is 29.4 Å². The fourth-order valence-corrected chi connectivity index (χ4v) is 5.17. The standard InChI is InChI=1S/C25H25ClN8O2S/c26-21-14-22(31-25(30-21)33-9-8-28-17-33)34-11-10-32(24(36)18-3-1-6-27-15-18)16-19(34)13-23(35)29-7-5-20-4-2-12-37-20/h1-4,6,8-9,12,14-15,17,19H,5,7,10-11,13,16H2,(H,29,35). The zero-order chi connectivity index (χ0) is 25.6. The monoisotopic (exact) mass is 536 g/mol. The lowest BCUT2D eigenvalue weighted by Gasteiger charge is -2.42. The van der Waals surface area contributed by atoms with Crippen molar-refractivity contribution < 1.29 is 9.59 Å². The Morgan fingerprint density at radius 1 is 1.14 bits per heavy atom. The molecule has 0 radical (unpaired) electrons. The van der Waals surface area contributed by atoms with Crippen molar-refractivity contribution in [1.29, 1.82) is 0 Å². The van der Waals surface area contributed by atoms with Gasteiger partial charge < -0.3 is 15.1 Å². The first-order valence-corrected chi connectivity index (χ1v) is 13.1. The highest BCUT2D eigenvalue weighted by atomic mass is 35.5. The van der Waals surface area contributed by atoms with E-state index in [0.29, 0.717) is 43.5 Å². The molecule has 5 rings (SSSR count). The lowest BCUT2D eigenvalue weighted by molar-refractivity contribution is -0.121. The van der Waals surface area contributed by atoms with Crippen LogP contribution in [0.2, 0.25) is 5.15 Å². The van der Waals surface area contributed by atoms with E-state index in [1.54, 1.807) is 70.1 Å². The molecule has 4 aromatic heterocycles. The average Bonchev–Trinajstić information content (AvgIpc) is 3.63. The number of nitrogens with one attached hydrogen (secondary N) is 1. The Morgan fingerprint density at radius 2 is 2.05 bits per heavy atom. The summed E-state index contributed by atoms with van der Waals surface area (Å²) in [4.78, 5) is 48.2. The molecule has 0 spiro atoms. The smallest absolute Gasteiger partial charge is 0.255 e. The highest BCUT2D eigenvalue weighted by molar-refractivity contribution is 7.09. The fourth-order valence-electron chi connectivity index (χ4n) is 4.29. The van der Waals surface area contributed by atoms with E-state index in [4.69, 9.17) is 16.6 Å². The molecule has 190 valence electrons. The van der Waals surface area contributed by atoms with Crippen LogP contribution in [0.5, 0.6) is 0 Å². The number of rotatable bonds is 8. The Morgan fingerprint density at radius 3 is 2.81 bits per heavy atom. The Balaban J connectivity index is 1.35. The minimum atomic E-state index is -0.308. The van der Waals surface area contributed by atoms with Gasteiger partial charge in [-0.25, -0.2) is 9.97 Å². The van der Waals surface area contributed by atoms with Crippen LogP contribution in [0.1, 0.15) is 21.7 Å². The van der Waals surface area contributed by atoms with E-state index >= 15 is 0 Å². The molecule has 12 heteroatoms. The van der Waals surface area contributed by atoms with Crippen molar-refractivity contribution in [2.24, 2.45) is 0 Å². The van der Waals surface area contributed by atoms with Crippen LogP contribution in [0.3, 0.4) is 0 Å². The van der Waals surface area contributed by atoms with Crippen molar-refractivity contribution in [3.63, 3.8) is 0 Å². The zero-order valence-corrected chi connectivity index (χ0v) is 21.5. The third-order valence-electron chi connectivity index (χ3n) is 6.07. The van der Waals surface area contributed by atoms with Crippen LogP contribution >= 0.6 is 22.9 Å². The number of halogens is 1. The predicted octanol–water partition coefficient (Wildman–Crippen LogP) is 2.85. The van der Waals surface area contributed by atoms with E-state index in [0.717, 1.165) is 6.42 Å². The van der Waals surface area contributed by atoms with E-state index in [2.05, 4.69) is 26.3 Å². The molecule has 1 N–H and O–H groups in total. The van der Waals surface area contributed by atoms with Gasteiger partial charge in [-0.3, -0.25) is 19.1 Å². The normalized spacial score (nSPS) is 15.5. The number of piperazine rings is 1. The Labute approximate surface area is 223 Å². The molecule has 4 aromatic rings. The summed E-state index contributed by atoms with van der Waals surface area (Å²) in [5.41, 5.74) is 0.516. The second kappa shape index (κ2) is 11.5. The molecular formula is C25H25ClN8O2S. The molecule has 0 aliphatic carbocycles. The van der Waals surface area contributed by atoms with Gasteiger partial charge in [0.1, 0.15) is 17.3 Å². The number of carbonyl (C=O) groups is 2. The summed E-state index contributed by atoms with van der Waals surface area (Å²) >= 11 is 8.02. The van der Waals surface area contributed by atoms with Gasteiger partial charge in [-0.2, -0.15) is 4.98 Å². The molecule has 0 saturated carbocycles. The van der Waals surface area contributed by atoms with Crippen LogP contribution < -0.4 is 10.2 Å². The molecule has 2 amide bonds. The SMILES string of the molecule is O=C(CC1CN(C(=O)c2cccnc2)CCN1c1cc(Cl)nc(-n2ccnc2)n1)NCCc1cccs1. The van der Waals surface area contributed by atoms with Crippen molar-refractivity contribution in [1.82, 2.24) is 34.7 Å². The number of aromatic nitrogens is 5. The number of amides is 2. The Bertz CT molecular complexity index is 1330. The number of hydrogen-bond donors (Lipinski definition) is 1. The van der Waals surface area contributed by atoms with Crippen molar-refractivity contribution in [3.05, 3.63) is 82.4 Å². The molecule has 0 bridgehead atoms. The number of carbonyl (C=O) groups excluding carboxylic acids is 2. The number of imidazole rings is 1. The lowest BCUT2D eigenvalue weighted by atomic mass is 10.1. The lowest BCUT2D eigenvalue weighted by Crippen LogP contribution is -2.56. The van der Waals surface area contributed by atoms with Gasteiger partial charge in [-0.05, 0) is 30.0 Å². The largest absolute Gasteiger partial charge is 0.356 e. The van der Waals surface area contributed by atoms with E-state index in [1.165, 1.54) is 4.88 Å². The fraction of sp³-hybridized carbons (Fsp3) is 0.280. The van der Waals surface area contributed by atoms with Gasteiger partial charge in [0.25, 0.3) is 5.91 Å².